The fraction of sp³-hybridized carbons (Fsp3) is 0.500. The number of ether oxygens (including phenoxy) is 8. The van der Waals surface area contributed by atoms with Crippen LogP contribution in [0.1, 0.15) is 64.5 Å². The maximum Gasteiger partial charge on any atom is 0.472 e. The van der Waals surface area contributed by atoms with Gasteiger partial charge in [0.05, 0.1) is 45.0 Å². The molecule has 5 aromatic rings. The summed E-state index contributed by atoms with van der Waals surface area (Å²) in [5, 5.41) is 2.71. The molecule has 0 bridgehead atoms. The van der Waals surface area contributed by atoms with Crippen LogP contribution in [-0.2, 0) is 99.7 Å². The van der Waals surface area contributed by atoms with Gasteiger partial charge in [0.1, 0.15) is 42.0 Å². The van der Waals surface area contributed by atoms with Gasteiger partial charge in [-0.25, -0.2) is 47.6 Å². The molecule has 5 unspecified atom stereocenters. The largest absolute Gasteiger partial charge is 0.472 e. The zero-order valence-electron chi connectivity index (χ0n) is 47.0. The standard InChI is InChI=1S/C50H55F2N11O23P2S/c1-22(64)78-39-40(79-23(2)65)42(80-24(3)66)50(84-41(39)49(71)75-4)83-27-10-9-25(14-26(27)60-30(67)8-6-5-7-13-61-31(68)11-12-32(61)69)17-89-88(74)77-16-29-37(33(51)47(82-29)63-21-59-36-45(63)56-19-57-46(36)70)85-87(72,73)76-15-28-38(86-88)34(52)48(81-28)62-20-58-35-43(53)54-18-55-44(35)62/h9-12,14,18-21,28-29,33-34,37-42,47-48,50H,5-8,13,15-17H2,1-4H3,(H,60,67)(H,72,73)(H2,53,54,55)(H,56,57,70)/t28-,29-,33-,34-,37-,38-,39+,40?,41?,42?,47-,48-,50-,88?/m1/s1. The first-order chi connectivity index (χ1) is 42.4. The first kappa shape index (κ1) is 64.3. The lowest BCUT2D eigenvalue weighted by molar-refractivity contribution is -0.282. The number of aromatic nitrogens is 8. The molecule has 34 nitrogen and oxygen atoms in total. The number of amides is 3. The van der Waals surface area contributed by atoms with Crippen molar-refractivity contribution in [3.8, 4) is 5.75 Å². The van der Waals surface area contributed by atoms with E-state index in [2.05, 4.69) is 35.2 Å². The number of nitrogens with zero attached hydrogens (tertiary/aromatic N) is 8. The number of unbranched alkanes of at least 4 members (excludes halogenated alkanes) is 2. The van der Waals surface area contributed by atoms with Crippen molar-refractivity contribution in [2.24, 2.45) is 0 Å². The summed E-state index contributed by atoms with van der Waals surface area (Å²) in [6.07, 6.45) is -17.8. The zero-order valence-corrected chi connectivity index (χ0v) is 49.6. The number of H-pyrrole nitrogens is 1. The van der Waals surface area contributed by atoms with Crippen LogP contribution in [0, 0.1) is 0 Å². The second-order valence-corrected chi connectivity index (χ2v) is 25.7. The predicted octanol–water partition coefficient (Wildman–Crippen LogP) is 2.47. The van der Waals surface area contributed by atoms with Gasteiger partial charge >= 0.3 is 38.5 Å². The maximum atomic E-state index is 17.3. The molecule has 4 saturated heterocycles. The van der Waals surface area contributed by atoms with Crippen LogP contribution in [0.15, 0.2) is 60.5 Å². The molecule has 5 aliphatic rings. The highest BCUT2D eigenvalue weighted by Gasteiger charge is 2.58. The highest BCUT2D eigenvalue weighted by molar-refractivity contribution is 8.54. The Bertz CT molecular complexity index is 3750. The smallest absolute Gasteiger partial charge is 0.467 e. The van der Waals surface area contributed by atoms with Crippen LogP contribution in [0.2, 0.25) is 0 Å². The Labute approximate surface area is 503 Å². The van der Waals surface area contributed by atoms with Crippen LogP contribution in [0.25, 0.3) is 22.3 Å². The van der Waals surface area contributed by atoms with Crippen molar-refractivity contribution < 1.29 is 112 Å². The van der Waals surface area contributed by atoms with E-state index in [1.54, 1.807) is 0 Å². The number of hydrogen-bond donors (Lipinski definition) is 4. The number of nitrogens with two attached hydrogens (primary N) is 1. The van der Waals surface area contributed by atoms with Gasteiger partial charge in [0.15, 0.2) is 65.7 Å². The average Bonchev–Trinajstić information content (AvgIpc) is 1.76. The minimum Gasteiger partial charge on any atom is -0.467 e. The van der Waals surface area contributed by atoms with Crippen molar-refractivity contribution in [3.63, 3.8) is 0 Å². The van der Waals surface area contributed by atoms with E-state index in [1.165, 1.54) is 18.2 Å². The molecule has 0 aliphatic carbocycles. The lowest BCUT2D eigenvalue weighted by atomic mass is 9.97. The molecule has 10 rings (SSSR count). The Morgan fingerprint density at radius 3 is 2.07 bits per heavy atom. The lowest BCUT2D eigenvalue weighted by Gasteiger charge is -2.43. The van der Waals surface area contributed by atoms with E-state index < -0.39 is 161 Å². The quantitative estimate of drug-likeness (QED) is 0.0322. The van der Waals surface area contributed by atoms with Crippen molar-refractivity contribution in [2.45, 2.75) is 132 Å². The number of halogens is 2. The Morgan fingerprint density at radius 1 is 0.787 bits per heavy atom. The number of imide groups is 1. The molecule has 4 aromatic heterocycles. The highest BCUT2D eigenvalue weighted by atomic mass is 32.7. The highest BCUT2D eigenvalue weighted by Crippen LogP contribution is 2.65. The molecule has 0 radical (unpaired) electrons. The maximum absolute atomic E-state index is 17.3. The average molecular weight is 1310 g/mol. The molecule has 5 aliphatic heterocycles. The first-order valence-electron chi connectivity index (χ1n) is 26.9. The van der Waals surface area contributed by atoms with Gasteiger partial charge in [-0.05, 0) is 41.9 Å². The van der Waals surface area contributed by atoms with Gasteiger partial charge in [0.25, 0.3) is 17.4 Å². The lowest BCUT2D eigenvalue weighted by Crippen LogP contribution is -2.64. The minimum atomic E-state index is -5.38. The van der Waals surface area contributed by atoms with Crippen molar-refractivity contribution in [3.05, 3.63) is 71.6 Å². The first-order valence-corrected chi connectivity index (χ1v) is 31.6. The molecular weight excluding hydrogens is 1250 g/mol. The van der Waals surface area contributed by atoms with Gasteiger partial charge in [0, 0.05) is 51.6 Å². The van der Waals surface area contributed by atoms with Crippen molar-refractivity contribution in [1.82, 2.24) is 43.9 Å². The number of imidazole rings is 2. The molecule has 0 saturated carbocycles. The van der Waals surface area contributed by atoms with Crippen molar-refractivity contribution in [1.29, 1.82) is 0 Å². The van der Waals surface area contributed by atoms with Crippen LogP contribution in [0.5, 0.6) is 5.75 Å². The monoisotopic (exact) mass is 1310 g/mol. The van der Waals surface area contributed by atoms with Crippen molar-refractivity contribution >= 4 is 101 Å². The summed E-state index contributed by atoms with van der Waals surface area (Å²) in [4.78, 5) is 136. The Hall–Kier alpha value is -7.70. The normalized spacial score (nSPS) is 30.5. The van der Waals surface area contributed by atoms with Gasteiger partial charge in [0.2, 0.25) is 18.3 Å². The van der Waals surface area contributed by atoms with Crippen molar-refractivity contribution in [2.75, 3.05) is 37.9 Å². The number of hydrogen-bond acceptors (Lipinski definition) is 29. The van der Waals surface area contributed by atoms with Crippen LogP contribution >= 0.6 is 26.0 Å². The number of phosphoric ester groups is 1. The van der Waals surface area contributed by atoms with Crippen LogP contribution < -0.4 is 21.3 Å². The minimum absolute atomic E-state index is 0.0241. The summed E-state index contributed by atoms with van der Waals surface area (Å²) in [6, 6.07) is 3.92. The third kappa shape index (κ3) is 14.2. The number of aromatic amines is 1. The van der Waals surface area contributed by atoms with Gasteiger partial charge in [-0.1, -0.05) is 12.5 Å². The number of anilines is 2. The molecule has 15 atom stereocenters. The number of nitrogen functional groups attached to an aromatic ring is 1. The number of alkyl halides is 2. The van der Waals surface area contributed by atoms with E-state index in [9.17, 15) is 47.8 Å². The van der Waals surface area contributed by atoms with E-state index in [4.69, 9.17) is 61.7 Å². The molecule has 478 valence electrons. The predicted molar refractivity (Wildman–Crippen MR) is 293 cm³/mol. The van der Waals surface area contributed by atoms with E-state index in [1.807, 2.05) is 0 Å². The molecule has 1 aromatic carbocycles. The molecule has 0 spiro atoms. The van der Waals surface area contributed by atoms with Crippen LogP contribution in [-0.4, -0.2) is 185 Å². The molecule has 4 fully saturated rings. The van der Waals surface area contributed by atoms with Crippen LogP contribution in [0.3, 0.4) is 0 Å². The summed E-state index contributed by atoms with van der Waals surface area (Å²) in [6.45, 7) is -3.95. The molecule has 89 heavy (non-hydrogen) atoms. The Balaban J connectivity index is 0.973. The summed E-state index contributed by atoms with van der Waals surface area (Å²) >= 11 is 0.418. The number of carbonyl (C=O) groups is 7. The third-order valence-electron chi connectivity index (χ3n) is 14.1. The third-order valence-corrected chi connectivity index (χ3v) is 18.8. The van der Waals surface area contributed by atoms with E-state index in [0.29, 0.717) is 24.2 Å². The van der Waals surface area contributed by atoms with Gasteiger partial charge < -0.3 is 58.8 Å². The molecule has 3 amide bonds. The summed E-state index contributed by atoms with van der Waals surface area (Å²) < 4.78 is 134. The molecular formula is C50H55F2N11O23P2S. The summed E-state index contributed by atoms with van der Waals surface area (Å²) in [7, 11) is -4.40. The topological polar surface area (TPSA) is 433 Å². The number of benzene rings is 1. The SMILES string of the molecule is COC(=O)C1O[C@@H](Oc2ccc(CSP3(=O)OC[C@H]4O[C@@H](n5cnc6c(=O)[nH]cnc65)[C@H](F)[C@@H]4OP(=O)(O)OC[C@H]4O[C@@H](n5cnc6c(N)ncnc65)[C@H](F)[C@@H]4O3)cc2NC(=O)CCCCCN2C(=O)C=CC2=O)C(OC(C)=O)C(OC(C)=O)[C@@H]1OC(C)=O. The number of rotatable bonds is 18. The Morgan fingerprint density at radius 2 is 1.40 bits per heavy atom. The van der Waals surface area contributed by atoms with E-state index in [-0.39, 0.29) is 64.5 Å². The fourth-order valence-electron chi connectivity index (χ4n) is 10.1. The van der Waals surface area contributed by atoms with E-state index >= 15 is 13.3 Å². The Kier molecular flexibility index (Phi) is 19.3. The second-order valence-electron chi connectivity index (χ2n) is 20.2. The number of carbonyl (C=O) groups excluding carboxylic acids is 7. The van der Waals surface area contributed by atoms with Gasteiger partial charge in [-0.2, -0.15) is 0 Å². The number of esters is 4. The second kappa shape index (κ2) is 26.8. The number of methoxy groups -OCH3 is 1. The summed E-state index contributed by atoms with van der Waals surface area (Å²) in [5.74, 6) is -6.51. The van der Waals surface area contributed by atoms with Gasteiger partial charge in [-0.3, -0.25) is 65.7 Å². The van der Waals surface area contributed by atoms with E-state index in [0.717, 1.165) is 79.4 Å². The molecule has 39 heteroatoms. The molecule has 5 N–H and O–H groups in total. The molecule has 9 heterocycles. The number of nitrogens with one attached hydrogen (secondary N) is 2. The number of phosphoric acid groups is 1. The number of fused-ring (bicyclic) bond motifs is 4. The zero-order chi connectivity index (χ0) is 63.6. The van der Waals surface area contributed by atoms with Crippen LogP contribution in [0.4, 0.5) is 20.3 Å². The summed E-state index contributed by atoms with van der Waals surface area (Å²) in [5.41, 5.74) is 4.90. The van der Waals surface area contributed by atoms with Gasteiger partial charge in [-0.15, -0.1) is 0 Å². The fourth-order valence-corrected chi connectivity index (χ4v) is 14.5.